The first-order valence-electron chi connectivity index (χ1n) is 8.56. The monoisotopic (exact) mass is 353 g/mol. The van der Waals surface area contributed by atoms with Gasteiger partial charge in [0.15, 0.2) is 0 Å². The first-order chi connectivity index (χ1) is 12.4. The molecule has 26 heavy (non-hydrogen) atoms. The second kappa shape index (κ2) is 7.11. The fraction of sp³-hybridized carbons (Fsp3) is 0.368. The van der Waals surface area contributed by atoms with E-state index < -0.39 is 0 Å². The van der Waals surface area contributed by atoms with Crippen LogP contribution in [0.1, 0.15) is 28.5 Å². The van der Waals surface area contributed by atoms with Crippen molar-refractivity contribution in [1.82, 2.24) is 14.9 Å². The van der Waals surface area contributed by atoms with Crippen molar-refractivity contribution in [1.29, 1.82) is 0 Å². The maximum Gasteiger partial charge on any atom is 0.255 e. The number of carbonyl (C=O) groups is 2. The van der Waals surface area contributed by atoms with Gasteiger partial charge in [-0.05, 0) is 37.6 Å². The molecule has 0 bridgehead atoms. The van der Waals surface area contributed by atoms with Gasteiger partial charge in [-0.25, -0.2) is 4.98 Å². The molecule has 3 heterocycles. The molecule has 0 fully saturated rings. The van der Waals surface area contributed by atoms with Crippen molar-refractivity contribution in [2.24, 2.45) is 0 Å². The average molecular weight is 353 g/mol. The van der Waals surface area contributed by atoms with Crippen molar-refractivity contribution in [3.63, 3.8) is 0 Å². The Morgan fingerprint density at radius 3 is 2.88 bits per heavy atom. The summed E-state index contributed by atoms with van der Waals surface area (Å²) in [6.45, 7) is 4.23. The summed E-state index contributed by atoms with van der Waals surface area (Å²) in [5, 5.41) is 2.96. The normalized spacial score (nSPS) is 14.5. The number of aromatic nitrogens is 2. The van der Waals surface area contributed by atoms with E-state index in [4.69, 9.17) is 0 Å². The number of fused-ring (bicyclic) bond motifs is 1. The Hall–Kier alpha value is -2.96. The molecule has 1 atom stereocenters. The fourth-order valence-electron chi connectivity index (χ4n) is 2.93. The molecule has 136 valence electrons. The first-order valence-corrected chi connectivity index (χ1v) is 8.56. The molecule has 0 radical (unpaired) electrons. The van der Waals surface area contributed by atoms with Crippen LogP contribution in [0.25, 0.3) is 0 Å². The van der Waals surface area contributed by atoms with Gasteiger partial charge in [-0.2, -0.15) is 0 Å². The van der Waals surface area contributed by atoms with Crippen LogP contribution in [0.15, 0.2) is 30.6 Å². The standard InChI is InChI=1S/C19H23N5O2/c1-12-5-6-20-15(7-12)8-13(2)23(3)19(26)14-9-16-18(21-10-14)22-11-17(25)24(16)4/h5-7,9-10,13H,8,11H2,1-4H3,(H,21,22). The van der Waals surface area contributed by atoms with Crippen LogP contribution in [0.2, 0.25) is 0 Å². The predicted octanol–water partition coefficient (Wildman–Crippen LogP) is 1.88. The lowest BCUT2D eigenvalue weighted by Gasteiger charge is -2.28. The summed E-state index contributed by atoms with van der Waals surface area (Å²) in [6, 6.07) is 5.67. The molecule has 1 unspecified atom stereocenters. The summed E-state index contributed by atoms with van der Waals surface area (Å²) in [7, 11) is 3.46. The molecule has 2 aromatic heterocycles. The third-order valence-corrected chi connectivity index (χ3v) is 4.72. The summed E-state index contributed by atoms with van der Waals surface area (Å²) >= 11 is 0. The van der Waals surface area contributed by atoms with Gasteiger partial charge in [-0.3, -0.25) is 14.6 Å². The van der Waals surface area contributed by atoms with Crippen LogP contribution in [0.4, 0.5) is 11.5 Å². The van der Waals surface area contributed by atoms with E-state index in [9.17, 15) is 9.59 Å². The SMILES string of the molecule is Cc1ccnc(CC(C)N(C)C(=O)c2cnc3c(c2)N(C)C(=O)CN3)c1. The number of nitrogens with zero attached hydrogens (tertiary/aromatic N) is 4. The summed E-state index contributed by atoms with van der Waals surface area (Å²) < 4.78 is 0. The van der Waals surface area contributed by atoms with Crippen LogP contribution >= 0.6 is 0 Å². The lowest BCUT2D eigenvalue weighted by molar-refractivity contribution is -0.116. The van der Waals surface area contributed by atoms with Gasteiger partial charge in [0.25, 0.3) is 5.91 Å². The summed E-state index contributed by atoms with van der Waals surface area (Å²) in [6.07, 6.45) is 4.00. The Balaban J connectivity index is 1.77. The molecule has 2 amide bonds. The van der Waals surface area contributed by atoms with Crippen LogP contribution in [-0.4, -0.2) is 53.4 Å². The van der Waals surface area contributed by atoms with Gasteiger partial charge < -0.3 is 15.1 Å². The number of hydrogen-bond donors (Lipinski definition) is 1. The van der Waals surface area contributed by atoms with Crippen LogP contribution in [0.5, 0.6) is 0 Å². The number of nitrogens with one attached hydrogen (secondary N) is 1. The van der Waals surface area contributed by atoms with Gasteiger partial charge in [-0.15, -0.1) is 0 Å². The lowest BCUT2D eigenvalue weighted by atomic mass is 10.1. The number of rotatable bonds is 4. The van der Waals surface area contributed by atoms with Crippen molar-refractivity contribution >= 4 is 23.3 Å². The molecule has 1 aliphatic rings. The molecule has 2 aromatic rings. The van der Waals surface area contributed by atoms with E-state index in [0.717, 1.165) is 11.3 Å². The zero-order valence-electron chi connectivity index (χ0n) is 15.5. The van der Waals surface area contributed by atoms with Crippen LogP contribution in [0.3, 0.4) is 0 Å². The molecule has 1 N–H and O–H groups in total. The van der Waals surface area contributed by atoms with E-state index in [1.807, 2.05) is 26.0 Å². The molecule has 1 aliphatic heterocycles. The Morgan fingerprint density at radius 2 is 2.15 bits per heavy atom. The molecule has 3 rings (SSSR count). The van der Waals surface area contributed by atoms with Gasteiger partial charge in [0, 0.05) is 44.6 Å². The fourth-order valence-corrected chi connectivity index (χ4v) is 2.93. The van der Waals surface area contributed by atoms with Gasteiger partial charge in [-0.1, -0.05) is 0 Å². The molecule has 7 heteroatoms. The minimum Gasteiger partial charge on any atom is -0.359 e. The van der Waals surface area contributed by atoms with Crippen molar-refractivity contribution < 1.29 is 9.59 Å². The smallest absolute Gasteiger partial charge is 0.255 e. The third kappa shape index (κ3) is 3.51. The van der Waals surface area contributed by atoms with Crippen molar-refractivity contribution in [2.45, 2.75) is 26.3 Å². The highest BCUT2D eigenvalue weighted by Crippen LogP contribution is 2.27. The molecular weight excluding hydrogens is 330 g/mol. The Bertz CT molecular complexity index is 852. The van der Waals surface area contributed by atoms with Crippen molar-refractivity contribution in [3.05, 3.63) is 47.4 Å². The number of carbonyl (C=O) groups excluding carboxylic acids is 2. The zero-order valence-corrected chi connectivity index (χ0v) is 15.5. The highest BCUT2D eigenvalue weighted by Gasteiger charge is 2.25. The van der Waals surface area contributed by atoms with Crippen molar-refractivity contribution in [3.8, 4) is 0 Å². The predicted molar refractivity (Wildman–Crippen MR) is 100 cm³/mol. The second-order valence-electron chi connectivity index (χ2n) is 6.69. The summed E-state index contributed by atoms with van der Waals surface area (Å²) in [5.74, 6) is 0.423. The van der Waals surface area contributed by atoms with Gasteiger partial charge >= 0.3 is 0 Å². The summed E-state index contributed by atoms with van der Waals surface area (Å²) in [5.41, 5.74) is 3.18. The molecular formula is C19H23N5O2. The van der Waals surface area contributed by atoms with E-state index in [-0.39, 0.29) is 24.4 Å². The Morgan fingerprint density at radius 1 is 1.38 bits per heavy atom. The topological polar surface area (TPSA) is 78.4 Å². The quantitative estimate of drug-likeness (QED) is 0.908. The summed E-state index contributed by atoms with van der Waals surface area (Å²) in [4.78, 5) is 36.6. The third-order valence-electron chi connectivity index (χ3n) is 4.72. The number of likely N-dealkylation sites (N-methyl/N-ethyl adjacent to an activating group) is 2. The van der Waals surface area contributed by atoms with Crippen LogP contribution < -0.4 is 10.2 Å². The highest BCUT2D eigenvalue weighted by atomic mass is 16.2. The first kappa shape index (κ1) is 17.8. The van der Waals surface area contributed by atoms with E-state index in [0.29, 0.717) is 23.5 Å². The maximum absolute atomic E-state index is 12.9. The minimum absolute atomic E-state index is 0.0229. The number of anilines is 2. The van der Waals surface area contributed by atoms with Crippen LogP contribution in [-0.2, 0) is 11.2 Å². The van der Waals surface area contributed by atoms with Crippen molar-refractivity contribution in [2.75, 3.05) is 30.9 Å². The molecule has 0 saturated heterocycles. The average Bonchev–Trinajstić information content (AvgIpc) is 2.63. The number of amides is 2. The number of pyridine rings is 2. The highest BCUT2D eigenvalue weighted by molar-refractivity contribution is 6.03. The Labute approximate surface area is 153 Å². The molecule has 0 aromatic carbocycles. The van der Waals surface area contributed by atoms with E-state index in [2.05, 4.69) is 15.3 Å². The van der Waals surface area contributed by atoms with Gasteiger partial charge in [0.2, 0.25) is 5.91 Å². The van der Waals surface area contributed by atoms with E-state index in [1.165, 1.54) is 4.90 Å². The molecule has 0 aliphatic carbocycles. The number of hydrogen-bond acceptors (Lipinski definition) is 5. The van der Waals surface area contributed by atoms with Gasteiger partial charge in [0.1, 0.15) is 5.82 Å². The van der Waals surface area contributed by atoms with E-state index in [1.54, 1.807) is 37.5 Å². The van der Waals surface area contributed by atoms with E-state index >= 15 is 0 Å². The maximum atomic E-state index is 12.9. The van der Waals surface area contributed by atoms with Crippen LogP contribution in [0, 0.1) is 6.92 Å². The lowest BCUT2D eigenvalue weighted by Crippen LogP contribution is -2.39. The molecule has 0 saturated carbocycles. The molecule has 7 nitrogen and oxygen atoms in total. The Kier molecular flexibility index (Phi) is 4.88. The second-order valence-corrected chi connectivity index (χ2v) is 6.69. The van der Waals surface area contributed by atoms with Gasteiger partial charge in [0.05, 0.1) is 17.8 Å². The zero-order chi connectivity index (χ0) is 18.8. The molecule has 0 spiro atoms. The largest absolute Gasteiger partial charge is 0.359 e. The number of aryl methyl sites for hydroxylation is 1. The minimum atomic E-state index is -0.133.